The van der Waals surface area contributed by atoms with Crippen LogP contribution < -0.4 is 15.4 Å². The number of aryl methyl sites for hydroxylation is 1. The molecule has 0 saturated carbocycles. The molecule has 0 unspecified atom stereocenters. The van der Waals surface area contributed by atoms with Gasteiger partial charge in [0, 0.05) is 30.8 Å². The molecule has 2 atom stereocenters. The van der Waals surface area contributed by atoms with Gasteiger partial charge in [0.25, 0.3) is 5.91 Å². The Hall–Kier alpha value is -2.83. The standard InChI is InChI=1S/C18H22N4O3/c1-11-12(5-4-6-15(11)25-3)18(24)20-13-7-8-16(23)21-17(13)14-9-10-19-22(14)2/h4-6,9-10,13,17H,7-8H2,1-3H3,(H,20,24)(H,21,23)/t13-,17-/m1/s1. The molecule has 3 rings (SSSR count). The maximum absolute atomic E-state index is 12.8. The number of nitrogens with one attached hydrogen (secondary N) is 2. The van der Waals surface area contributed by atoms with E-state index in [1.54, 1.807) is 30.1 Å². The second-order valence-corrected chi connectivity index (χ2v) is 6.18. The van der Waals surface area contributed by atoms with Crippen molar-refractivity contribution in [3.63, 3.8) is 0 Å². The average molecular weight is 342 g/mol. The van der Waals surface area contributed by atoms with E-state index in [1.165, 1.54) is 0 Å². The number of piperidine rings is 1. The minimum Gasteiger partial charge on any atom is -0.496 e. The molecule has 7 heteroatoms. The number of ether oxygens (including phenoxy) is 1. The molecule has 7 nitrogen and oxygen atoms in total. The van der Waals surface area contributed by atoms with Gasteiger partial charge in [0.05, 0.1) is 24.9 Å². The van der Waals surface area contributed by atoms with E-state index in [0.717, 1.165) is 11.3 Å². The fourth-order valence-electron chi connectivity index (χ4n) is 3.25. The van der Waals surface area contributed by atoms with E-state index in [2.05, 4.69) is 15.7 Å². The molecular formula is C18H22N4O3. The molecule has 1 aromatic heterocycles. The van der Waals surface area contributed by atoms with Crippen molar-refractivity contribution in [3.8, 4) is 5.75 Å². The summed E-state index contributed by atoms with van der Waals surface area (Å²) in [7, 11) is 3.40. The number of nitrogens with zero attached hydrogens (tertiary/aromatic N) is 2. The molecule has 1 aliphatic heterocycles. The number of amides is 2. The highest BCUT2D eigenvalue weighted by Crippen LogP contribution is 2.25. The molecule has 0 radical (unpaired) electrons. The average Bonchev–Trinajstić information content (AvgIpc) is 3.02. The Morgan fingerprint density at radius 3 is 2.88 bits per heavy atom. The summed E-state index contributed by atoms with van der Waals surface area (Å²) in [6.07, 6.45) is 2.65. The third-order valence-electron chi connectivity index (χ3n) is 4.64. The molecule has 1 aliphatic rings. The highest BCUT2D eigenvalue weighted by Gasteiger charge is 2.33. The van der Waals surface area contributed by atoms with E-state index < -0.39 is 0 Å². The molecule has 1 saturated heterocycles. The number of aromatic nitrogens is 2. The second kappa shape index (κ2) is 6.96. The number of carbonyl (C=O) groups excluding carboxylic acids is 2. The summed E-state index contributed by atoms with van der Waals surface area (Å²) >= 11 is 0. The van der Waals surface area contributed by atoms with Crippen LogP contribution in [0.15, 0.2) is 30.5 Å². The summed E-state index contributed by atoms with van der Waals surface area (Å²) in [5, 5.41) is 10.2. The first kappa shape index (κ1) is 17.0. The van der Waals surface area contributed by atoms with Gasteiger partial charge in [0.1, 0.15) is 5.75 Å². The monoisotopic (exact) mass is 342 g/mol. The summed E-state index contributed by atoms with van der Waals surface area (Å²) in [5.41, 5.74) is 2.22. The first-order valence-corrected chi connectivity index (χ1v) is 8.23. The van der Waals surface area contributed by atoms with Gasteiger partial charge in [-0.25, -0.2) is 0 Å². The van der Waals surface area contributed by atoms with Crippen molar-refractivity contribution in [2.45, 2.75) is 31.8 Å². The van der Waals surface area contributed by atoms with Crippen LogP contribution in [0.3, 0.4) is 0 Å². The van der Waals surface area contributed by atoms with Crippen LogP contribution in [-0.4, -0.2) is 34.7 Å². The van der Waals surface area contributed by atoms with Crippen LogP contribution in [0.4, 0.5) is 0 Å². The maximum Gasteiger partial charge on any atom is 0.251 e. The van der Waals surface area contributed by atoms with E-state index in [1.807, 2.05) is 26.1 Å². The molecule has 2 aromatic rings. The SMILES string of the molecule is COc1cccc(C(=O)N[C@@H]2CCC(=O)N[C@H]2c2ccnn2C)c1C. The number of hydrogen-bond donors (Lipinski definition) is 2. The third-order valence-corrected chi connectivity index (χ3v) is 4.64. The number of benzene rings is 1. The van der Waals surface area contributed by atoms with E-state index in [-0.39, 0.29) is 23.9 Å². The fourth-order valence-corrected chi connectivity index (χ4v) is 3.25. The molecule has 0 aliphatic carbocycles. The van der Waals surface area contributed by atoms with Crippen molar-refractivity contribution < 1.29 is 14.3 Å². The molecule has 25 heavy (non-hydrogen) atoms. The summed E-state index contributed by atoms with van der Waals surface area (Å²) in [6.45, 7) is 1.86. The van der Waals surface area contributed by atoms with Crippen molar-refractivity contribution in [3.05, 3.63) is 47.3 Å². The summed E-state index contributed by atoms with van der Waals surface area (Å²) in [4.78, 5) is 24.6. The van der Waals surface area contributed by atoms with Gasteiger partial charge in [0.15, 0.2) is 0 Å². The van der Waals surface area contributed by atoms with E-state index in [0.29, 0.717) is 24.2 Å². The molecule has 0 bridgehead atoms. The zero-order valence-corrected chi connectivity index (χ0v) is 14.6. The van der Waals surface area contributed by atoms with Crippen LogP contribution in [-0.2, 0) is 11.8 Å². The summed E-state index contributed by atoms with van der Waals surface area (Å²) < 4.78 is 7.00. The predicted molar refractivity (Wildman–Crippen MR) is 92.3 cm³/mol. The van der Waals surface area contributed by atoms with Gasteiger partial charge in [-0.05, 0) is 31.5 Å². The molecule has 1 fully saturated rings. The molecule has 132 valence electrons. The van der Waals surface area contributed by atoms with E-state index in [9.17, 15) is 9.59 Å². The lowest BCUT2D eigenvalue weighted by atomic mass is 9.94. The molecule has 2 heterocycles. The number of hydrogen-bond acceptors (Lipinski definition) is 4. The van der Waals surface area contributed by atoms with Gasteiger partial charge < -0.3 is 15.4 Å². The first-order chi connectivity index (χ1) is 12.0. The van der Waals surface area contributed by atoms with E-state index >= 15 is 0 Å². The third kappa shape index (κ3) is 3.35. The Bertz CT molecular complexity index is 799. The highest BCUT2D eigenvalue weighted by atomic mass is 16.5. The minimum absolute atomic E-state index is 0.0192. The van der Waals surface area contributed by atoms with Gasteiger partial charge >= 0.3 is 0 Å². The summed E-state index contributed by atoms with van der Waals surface area (Å²) in [5.74, 6) is 0.478. The van der Waals surface area contributed by atoms with Gasteiger partial charge in [-0.1, -0.05) is 6.07 Å². The molecule has 1 aromatic carbocycles. The molecule has 2 N–H and O–H groups in total. The van der Waals surface area contributed by atoms with Gasteiger partial charge in [-0.3, -0.25) is 14.3 Å². The van der Waals surface area contributed by atoms with Crippen molar-refractivity contribution in [2.24, 2.45) is 7.05 Å². The van der Waals surface area contributed by atoms with Crippen LogP contribution in [0.1, 0.15) is 40.5 Å². The number of carbonyl (C=O) groups is 2. The number of rotatable bonds is 4. The molecular weight excluding hydrogens is 320 g/mol. The molecule has 0 spiro atoms. The van der Waals surface area contributed by atoms with Crippen LogP contribution in [0.5, 0.6) is 5.75 Å². The normalized spacial score (nSPS) is 20.0. The number of methoxy groups -OCH3 is 1. The van der Waals surface area contributed by atoms with Crippen molar-refractivity contribution >= 4 is 11.8 Å². The zero-order chi connectivity index (χ0) is 18.0. The van der Waals surface area contributed by atoms with Crippen LogP contribution in [0, 0.1) is 6.92 Å². The lowest BCUT2D eigenvalue weighted by molar-refractivity contribution is -0.123. The summed E-state index contributed by atoms with van der Waals surface area (Å²) in [6, 6.07) is 6.74. The Balaban J connectivity index is 1.84. The van der Waals surface area contributed by atoms with Crippen molar-refractivity contribution in [1.82, 2.24) is 20.4 Å². The van der Waals surface area contributed by atoms with Crippen LogP contribution in [0.2, 0.25) is 0 Å². The Morgan fingerprint density at radius 1 is 1.40 bits per heavy atom. The Morgan fingerprint density at radius 2 is 2.20 bits per heavy atom. The second-order valence-electron chi connectivity index (χ2n) is 6.18. The minimum atomic E-state index is -0.302. The van der Waals surface area contributed by atoms with Crippen molar-refractivity contribution in [2.75, 3.05) is 7.11 Å². The van der Waals surface area contributed by atoms with Gasteiger partial charge in [0.2, 0.25) is 5.91 Å². The van der Waals surface area contributed by atoms with Crippen molar-refractivity contribution in [1.29, 1.82) is 0 Å². The Kier molecular flexibility index (Phi) is 4.74. The molecule has 2 amide bonds. The smallest absolute Gasteiger partial charge is 0.251 e. The lowest BCUT2D eigenvalue weighted by Gasteiger charge is -2.33. The van der Waals surface area contributed by atoms with Gasteiger partial charge in [-0.15, -0.1) is 0 Å². The highest BCUT2D eigenvalue weighted by molar-refractivity contribution is 5.96. The van der Waals surface area contributed by atoms with E-state index in [4.69, 9.17) is 4.74 Å². The largest absolute Gasteiger partial charge is 0.496 e. The maximum atomic E-state index is 12.8. The predicted octanol–water partition coefficient (Wildman–Crippen LogP) is 1.49. The lowest BCUT2D eigenvalue weighted by Crippen LogP contribution is -2.50. The zero-order valence-electron chi connectivity index (χ0n) is 14.6. The fraction of sp³-hybridized carbons (Fsp3) is 0.389. The van der Waals surface area contributed by atoms with Crippen LogP contribution >= 0.6 is 0 Å². The topological polar surface area (TPSA) is 85.2 Å². The Labute approximate surface area is 146 Å². The van der Waals surface area contributed by atoms with Gasteiger partial charge in [-0.2, -0.15) is 5.10 Å². The first-order valence-electron chi connectivity index (χ1n) is 8.23. The quantitative estimate of drug-likeness (QED) is 0.881. The van der Waals surface area contributed by atoms with Crippen LogP contribution in [0.25, 0.3) is 0 Å².